The van der Waals surface area contributed by atoms with Crippen LogP contribution in [0.15, 0.2) is 36.0 Å². The van der Waals surface area contributed by atoms with E-state index in [2.05, 4.69) is 46.1 Å². The van der Waals surface area contributed by atoms with E-state index in [1.54, 1.807) is 6.08 Å². The van der Waals surface area contributed by atoms with Crippen molar-refractivity contribution in [3.63, 3.8) is 0 Å². The van der Waals surface area contributed by atoms with Gasteiger partial charge in [-0.2, -0.15) is 0 Å². The van der Waals surface area contributed by atoms with Gasteiger partial charge >= 0.3 is 0 Å². The van der Waals surface area contributed by atoms with Gasteiger partial charge in [-0.05, 0) is 50.5 Å². The lowest BCUT2D eigenvalue weighted by molar-refractivity contribution is -0.113. The van der Waals surface area contributed by atoms with E-state index in [1.807, 2.05) is 36.6 Å². The van der Waals surface area contributed by atoms with Crippen molar-refractivity contribution >= 4 is 34.1 Å². The summed E-state index contributed by atoms with van der Waals surface area (Å²) in [5.74, 6) is 1.47. The molecule has 0 radical (unpaired) electrons. The number of nitrogens with one attached hydrogen (secondary N) is 1. The van der Waals surface area contributed by atoms with Crippen molar-refractivity contribution in [2.24, 2.45) is 0 Å². The van der Waals surface area contributed by atoms with Gasteiger partial charge in [0.1, 0.15) is 10.8 Å². The van der Waals surface area contributed by atoms with Gasteiger partial charge in [0.15, 0.2) is 17.1 Å². The van der Waals surface area contributed by atoms with Crippen LogP contribution in [0.25, 0.3) is 0 Å². The second-order valence-corrected chi connectivity index (χ2v) is 8.94. The smallest absolute Gasteiger partial charge is 0.236 e. The standard InChI is InChI=1S/C21H26N6O2S2/c1-6-10-27-19(15(5)29-16-9-8-13(3)14(4)11-16)24-26-21(27)30-12-17(28)22-20-25-23-18(7-2)31-20/h6,8-9,11,15H,1,7,10,12H2,2-5H3,(H,22,25,28). The third kappa shape index (κ3) is 5.92. The minimum atomic E-state index is -0.313. The first-order chi connectivity index (χ1) is 14.9. The summed E-state index contributed by atoms with van der Waals surface area (Å²) in [5, 5.41) is 21.4. The predicted octanol–water partition coefficient (Wildman–Crippen LogP) is 4.37. The number of rotatable bonds is 10. The molecule has 1 aromatic carbocycles. The maximum atomic E-state index is 12.3. The Bertz CT molecular complexity index is 1060. The minimum Gasteiger partial charge on any atom is -0.483 e. The fraction of sp³-hybridized carbons (Fsp3) is 0.381. The molecule has 0 saturated heterocycles. The van der Waals surface area contributed by atoms with Gasteiger partial charge in [0.2, 0.25) is 11.0 Å². The van der Waals surface area contributed by atoms with Gasteiger partial charge in [-0.15, -0.1) is 27.0 Å². The van der Waals surface area contributed by atoms with E-state index >= 15 is 0 Å². The Morgan fingerprint density at radius 2 is 2.10 bits per heavy atom. The predicted molar refractivity (Wildman–Crippen MR) is 124 cm³/mol. The summed E-state index contributed by atoms with van der Waals surface area (Å²) in [6, 6.07) is 6.00. The first-order valence-electron chi connectivity index (χ1n) is 9.94. The lowest BCUT2D eigenvalue weighted by Gasteiger charge is -2.16. The highest BCUT2D eigenvalue weighted by molar-refractivity contribution is 7.99. The Morgan fingerprint density at radius 1 is 1.29 bits per heavy atom. The average molecular weight is 459 g/mol. The van der Waals surface area contributed by atoms with E-state index in [9.17, 15) is 4.79 Å². The second kappa shape index (κ2) is 10.5. The van der Waals surface area contributed by atoms with Crippen LogP contribution in [0.1, 0.15) is 41.9 Å². The Hall–Kier alpha value is -2.72. The number of carbonyl (C=O) groups excluding carboxylic acids is 1. The van der Waals surface area contributed by atoms with E-state index in [1.165, 1.54) is 34.2 Å². The molecule has 0 aliphatic rings. The van der Waals surface area contributed by atoms with Crippen LogP contribution in [-0.4, -0.2) is 36.6 Å². The molecule has 3 aromatic rings. The summed E-state index contributed by atoms with van der Waals surface area (Å²) in [7, 11) is 0. The molecule has 10 heteroatoms. The molecule has 2 aromatic heterocycles. The van der Waals surface area contributed by atoms with Crippen molar-refractivity contribution in [1.29, 1.82) is 0 Å². The molecule has 2 heterocycles. The van der Waals surface area contributed by atoms with Gasteiger partial charge in [0.25, 0.3) is 0 Å². The second-order valence-electron chi connectivity index (χ2n) is 6.94. The number of aryl methyl sites for hydroxylation is 3. The lowest BCUT2D eigenvalue weighted by atomic mass is 10.1. The number of hydrogen-bond acceptors (Lipinski definition) is 8. The van der Waals surface area contributed by atoms with E-state index in [0.717, 1.165) is 17.2 Å². The first kappa shape index (κ1) is 23.0. The summed E-state index contributed by atoms with van der Waals surface area (Å²) >= 11 is 2.68. The molecule has 31 heavy (non-hydrogen) atoms. The number of hydrogen-bond donors (Lipinski definition) is 1. The van der Waals surface area contributed by atoms with E-state index < -0.39 is 0 Å². The van der Waals surface area contributed by atoms with Crippen molar-refractivity contribution in [2.45, 2.75) is 51.9 Å². The maximum Gasteiger partial charge on any atom is 0.236 e. The van der Waals surface area contributed by atoms with Crippen LogP contribution in [-0.2, 0) is 17.8 Å². The molecule has 0 aliphatic heterocycles. The van der Waals surface area contributed by atoms with Crippen LogP contribution in [0.5, 0.6) is 5.75 Å². The van der Waals surface area contributed by atoms with Crippen molar-refractivity contribution < 1.29 is 9.53 Å². The van der Waals surface area contributed by atoms with Gasteiger partial charge in [-0.1, -0.05) is 42.2 Å². The molecular weight excluding hydrogens is 432 g/mol. The van der Waals surface area contributed by atoms with Crippen LogP contribution in [0, 0.1) is 13.8 Å². The van der Waals surface area contributed by atoms with Crippen molar-refractivity contribution in [3.05, 3.63) is 52.8 Å². The van der Waals surface area contributed by atoms with E-state index in [0.29, 0.717) is 22.7 Å². The van der Waals surface area contributed by atoms with E-state index in [4.69, 9.17) is 4.74 Å². The number of thioether (sulfide) groups is 1. The number of amides is 1. The summed E-state index contributed by atoms with van der Waals surface area (Å²) in [6.07, 6.45) is 2.25. The number of allylic oxidation sites excluding steroid dienone is 1. The van der Waals surface area contributed by atoms with Crippen molar-refractivity contribution in [1.82, 2.24) is 25.0 Å². The van der Waals surface area contributed by atoms with Gasteiger partial charge in [-0.25, -0.2) is 0 Å². The Labute approximate surface area is 190 Å². The lowest BCUT2D eigenvalue weighted by Crippen LogP contribution is -2.15. The highest BCUT2D eigenvalue weighted by Crippen LogP contribution is 2.26. The number of carbonyl (C=O) groups is 1. The Kier molecular flexibility index (Phi) is 7.80. The zero-order valence-electron chi connectivity index (χ0n) is 18.1. The molecule has 1 N–H and O–H groups in total. The third-order valence-electron chi connectivity index (χ3n) is 4.56. The minimum absolute atomic E-state index is 0.169. The number of benzene rings is 1. The molecule has 0 spiro atoms. The van der Waals surface area contributed by atoms with Gasteiger partial charge < -0.3 is 4.74 Å². The quantitative estimate of drug-likeness (QED) is 0.356. The van der Waals surface area contributed by atoms with Crippen molar-refractivity contribution in [3.8, 4) is 5.75 Å². The first-order valence-corrected chi connectivity index (χ1v) is 11.7. The molecule has 1 amide bonds. The van der Waals surface area contributed by atoms with Gasteiger partial charge in [0.05, 0.1) is 5.75 Å². The fourth-order valence-corrected chi connectivity index (χ4v) is 4.24. The average Bonchev–Trinajstić information content (AvgIpc) is 3.36. The van der Waals surface area contributed by atoms with Crippen LogP contribution in [0.4, 0.5) is 5.13 Å². The zero-order chi connectivity index (χ0) is 22.4. The highest BCUT2D eigenvalue weighted by atomic mass is 32.2. The van der Waals surface area contributed by atoms with Gasteiger partial charge in [-0.3, -0.25) is 14.7 Å². The number of nitrogens with zero attached hydrogens (tertiary/aromatic N) is 5. The Morgan fingerprint density at radius 3 is 2.77 bits per heavy atom. The molecule has 164 valence electrons. The topological polar surface area (TPSA) is 94.8 Å². The number of ether oxygens (including phenoxy) is 1. The summed E-state index contributed by atoms with van der Waals surface area (Å²) in [6.45, 7) is 12.4. The number of anilines is 1. The SMILES string of the molecule is C=CCn1c(SCC(=O)Nc2nnc(CC)s2)nnc1C(C)Oc1ccc(C)c(C)c1. The molecule has 3 rings (SSSR count). The number of aromatic nitrogens is 5. The van der Waals surface area contributed by atoms with E-state index in [-0.39, 0.29) is 17.8 Å². The fourth-order valence-electron chi connectivity index (χ4n) is 2.78. The van der Waals surface area contributed by atoms with Crippen LogP contribution >= 0.6 is 23.1 Å². The zero-order valence-corrected chi connectivity index (χ0v) is 19.7. The summed E-state index contributed by atoms with van der Waals surface area (Å²) in [4.78, 5) is 12.3. The maximum absolute atomic E-state index is 12.3. The molecule has 0 saturated carbocycles. The molecule has 1 unspecified atom stereocenters. The Balaban J connectivity index is 1.66. The molecule has 0 bridgehead atoms. The highest BCUT2D eigenvalue weighted by Gasteiger charge is 2.20. The molecule has 0 aliphatic carbocycles. The molecule has 1 atom stereocenters. The summed E-state index contributed by atoms with van der Waals surface area (Å²) < 4.78 is 8.01. The summed E-state index contributed by atoms with van der Waals surface area (Å²) in [5.41, 5.74) is 2.38. The monoisotopic (exact) mass is 458 g/mol. The molecule has 0 fully saturated rings. The van der Waals surface area contributed by atoms with Crippen LogP contribution in [0.2, 0.25) is 0 Å². The third-order valence-corrected chi connectivity index (χ3v) is 6.51. The van der Waals surface area contributed by atoms with Gasteiger partial charge in [0, 0.05) is 6.54 Å². The normalized spacial score (nSPS) is 11.9. The van der Waals surface area contributed by atoms with Crippen molar-refractivity contribution in [2.75, 3.05) is 11.1 Å². The van der Waals surface area contributed by atoms with Crippen LogP contribution in [0.3, 0.4) is 0 Å². The molecule has 8 nitrogen and oxygen atoms in total. The largest absolute Gasteiger partial charge is 0.483 e. The molecular formula is C21H26N6O2S2. The van der Waals surface area contributed by atoms with Crippen LogP contribution < -0.4 is 10.1 Å².